The molecule has 0 radical (unpaired) electrons. The molecule has 2 unspecified atom stereocenters. The molecule has 2 heteroatoms. The summed E-state index contributed by atoms with van der Waals surface area (Å²) in [6, 6.07) is 2.22. The first kappa shape index (κ1) is 13.4. The van der Waals surface area contributed by atoms with Crippen molar-refractivity contribution in [2.75, 3.05) is 13.1 Å². The monoisotopic (exact) mass is 238 g/mol. The van der Waals surface area contributed by atoms with Gasteiger partial charge in [0.1, 0.15) is 0 Å². The van der Waals surface area contributed by atoms with Crippen LogP contribution >= 0.6 is 0 Å². The average Bonchev–Trinajstić information content (AvgIpc) is 2.37. The number of rotatable bonds is 4. The quantitative estimate of drug-likeness (QED) is 0.810. The third-order valence-electron chi connectivity index (χ3n) is 5.06. The Bertz CT molecular complexity index is 227. The zero-order valence-corrected chi connectivity index (χ0v) is 11.9. The molecule has 0 aromatic rings. The Hall–Kier alpha value is -0.0800. The first-order valence-electron chi connectivity index (χ1n) is 7.73. The van der Waals surface area contributed by atoms with Crippen LogP contribution in [0, 0.1) is 5.92 Å². The van der Waals surface area contributed by atoms with Gasteiger partial charge in [0.15, 0.2) is 0 Å². The fraction of sp³-hybridized carbons (Fsp3) is 1.00. The molecular formula is C15H30N2. The number of hydrogen-bond donors (Lipinski definition) is 1. The van der Waals surface area contributed by atoms with E-state index in [1.54, 1.807) is 0 Å². The summed E-state index contributed by atoms with van der Waals surface area (Å²) >= 11 is 0. The van der Waals surface area contributed by atoms with E-state index in [0.717, 1.165) is 18.5 Å². The van der Waals surface area contributed by atoms with E-state index in [9.17, 15) is 0 Å². The van der Waals surface area contributed by atoms with Crippen LogP contribution in [-0.2, 0) is 0 Å². The number of likely N-dealkylation sites (N-methyl/N-ethyl adjacent to an activating group) is 1. The van der Waals surface area contributed by atoms with Crippen molar-refractivity contribution < 1.29 is 0 Å². The van der Waals surface area contributed by atoms with Crippen molar-refractivity contribution in [2.45, 2.75) is 77.4 Å². The predicted molar refractivity (Wildman–Crippen MR) is 74.3 cm³/mol. The van der Waals surface area contributed by atoms with Gasteiger partial charge in [-0.2, -0.15) is 0 Å². The lowest BCUT2D eigenvalue weighted by Crippen LogP contribution is -2.56. The van der Waals surface area contributed by atoms with Crippen LogP contribution in [0.15, 0.2) is 0 Å². The van der Waals surface area contributed by atoms with Crippen molar-refractivity contribution in [2.24, 2.45) is 5.92 Å². The van der Waals surface area contributed by atoms with Gasteiger partial charge in [-0.05, 0) is 58.5 Å². The molecule has 1 N–H and O–H groups in total. The molecule has 0 aromatic carbocycles. The second-order valence-corrected chi connectivity index (χ2v) is 6.08. The Balaban J connectivity index is 1.97. The van der Waals surface area contributed by atoms with Gasteiger partial charge in [-0.1, -0.05) is 19.8 Å². The van der Waals surface area contributed by atoms with Crippen LogP contribution in [0.25, 0.3) is 0 Å². The molecule has 1 saturated heterocycles. The number of piperidine rings is 1. The van der Waals surface area contributed by atoms with Gasteiger partial charge in [-0.15, -0.1) is 0 Å². The summed E-state index contributed by atoms with van der Waals surface area (Å²) in [7, 11) is 0. The molecule has 1 aliphatic heterocycles. The van der Waals surface area contributed by atoms with Crippen molar-refractivity contribution in [1.29, 1.82) is 0 Å². The van der Waals surface area contributed by atoms with Crippen molar-refractivity contribution in [3.05, 3.63) is 0 Å². The molecule has 2 rings (SSSR count). The van der Waals surface area contributed by atoms with Gasteiger partial charge in [-0.25, -0.2) is 0 Å². The molecule has 2 fully saturated rings. The minimum Gasteiger partial charge on any atom is -0.313 e. The van der Waals surface area contributed by atoms with Crippen molar-refractivity contribution in [1.82, 2.24) is 10.2 Å². The first-order chi connectivity index (χ1) is 8.24. The molecular weight excluding hydrogens is 208 g/mol. The third-order valence-corrected chi connectivity index (χ3v) is 5.06. The number of hydrogen-bond acceptors (Lipinski definition) is 2. The third kappa shape index (κ3) is 3.03. The number of nitrogens with zero attached hydrogens (tertiary/aromatic N) is 1. The van der Waals surface area contributed by atoms with E-state index < -0.39 is 0 Å². The summed E-state index contributed by atoms with van der Waals surface area (Å²) < 4.78 is 0. The van der Waals surface area contributed by atoms with Crippen LogP contribution in [0.3, 0.4) is 0 Å². The van der Waals surface area contributed by atoms with Crippen LogP contribution in [-0.4, -0.2) is 36.1 Å². The van der Waals surface area contributed by atoms with Crippen LogP contribution in [0.1, 0.15) is 59.3 Å². The van der Waals surface area contributed by atoms with E-state index in [1.165, 1.54) is 45.1 Å². The van der Waals surface area contributed by atoms with E-state index in [4.69, 9.17) is 0 Å². The maximum Gasteiger partial charge on any atom is 0.0221 e. The SMILES string of the molecule is CCNC(C)C(C)N1CCC[C@H]2CCCC[C@H]21. The summed E-state index contributed by atoms with van der Waals surface area (Å²) in [6.45, 7) is 9.40. The molecule has 2 aliphatic rings. The second-order valence-electron chi connectivity index (χ2n) is 6.08. The molecule has 0 spiro atoms. The predicted octanol–water partition coefficient (Wildman–Crippen LogP) is 3.03. The summed E-state index contributed by atoms with van der Waals surface area (Å²) in [4.78, 5) is 2.82. The molecule has 4 atom stereocenters. The van der Waals surface area contributed by atoms with E-state index in [1.807, 2.05) is 0 Å². The summed E-state index contributed by atoms with van der Waals surface area (Å²) in [6.07, 6.45) is 8.79. The topological polar surface area (TPSA) is 15.3 Å². The highest BCUT2D eigenvalue weighted by molar-refractivity contribution is 4.91. The van der Waals surface area contributed by atoms with Gasteiger partial charge in [0, 0.05) is 18.1 Å². The van der Waals surface area contributed by atoms with E-state index in [0.29, 0.717) is 12.1 Å². The fourth-order valence-electron chi connectivity index (χ4n) is 3.95. The van der Waals surface area contributed by atoms with Crippen LogP contribution in [0.4, 0.5) is 0 Å². The Morgan fingerprint density at radius 2 is 1.82 bits per heavy atom. The zero-order valence-electron chi connectivity index (χ0n) is 11.9. The summed E-state index contributed by atoms with van der Waals surface area (Å²) in [5.74, 6) is 1.01. The maximum absolute atomic E-state index is 3.60. The Labute approximate surface area is 107 Å². The molecule has 1 heterocycles. The highest BCUT2D eigenvalue weighted by Gasteiger charge is 2.36. The van der Waals surface area contributed by atoms with Crippen LogP contribution in [0.2, 0.25) is 0 Å². The number of nitrogens with one attached hydrogen (secondary N) is 1. The van der Waals surface area contributed by atoms with Crippen molar-refractivity contribution in [3.63, 3.8) is 0 Å². The molecule has 0 amide bonds. The minimum atomic E-state index is 0.626. The minimum absolute atomic E-state index is 0.626. The van der Waals surface area contributed by atoms with Crippen molar-refractivity contribution >= 4 is 0 Å². The Morgan fingerprint density at radius 3 is 2.59 bits per heavy atom. The average molecular weight is 238 g/mol. The fourth-order valence-corrected chi connectivity index (χ4v) is 3.95. The number of fused-ring (bicyclic) bond motifs is 1. The summed E-state index contributed by atoms with van der Waals surface area (Å²) in [5.41, 5.74) is 0. The maximum atomic E-state index is 3.60. The van der Waals surface area contributed by atoms with Crippen LogP contribution < -0.4 is 5.32 Å². The van der Waals surface area contributed by atoms with Gasteiger partial charge in [0.2, 0.25) is 0 Å². The second kappa shape index (κ2) is 6.19. The largest absolute Gasteiger partial charge is 0.313 e. The first-order valence-corrected chi connectivity index (χ1v) is 7.73. The standard InChI is InChI=1S/C15H30N2/c1-4-16-12(2)13(3)17-11-7-9-14-8-5-6-10-15(14)17/h12-16H,4-11H2,1-3H3/t12?,13?,14-,15-/m1/s1. The Kier molecular flexibility index (Phi) is 4.87. The molecule has 2 nitrogen and oxygen atoms in total. The highest BCUT2D eigenvalue weighted by atomic mass is 15.2. The number of likely N-dealkylation sites (tertiary alicyclic amines) is 1. The smallest absolute Gasteiger partial charge is 0.0221 e. The van der Waals surface area contributed by atoms with Crippen LogP contribution in [0.5, 0.6) is 0 Å². The van der Waals surface area contributed by atoms with Crippen molar-refractivity contribution in [3.8, 4) is 0 Å². The van der Waals surface area contributed by atoms with E-state index in [-0.39, 0.29) is 0 Å². The Morgan fingerprint density at radius 1 is 1.12 bits per heavy atom. The van der Waals surface area contributed by atoms with Gasteiger partial charge in [0.25, 0.3) is 0 Å². The normalized spacial score (nSPS) is 34.1. The van der Waals surface area contributed by atoms with Gasteiger partial charge >= 0.3 is 0 Å². The van der Waals surface area contributed by atoms with E-state index in [2.05, 4.69) is 31.0 Å². The highest BCUT2D eigenvalue weighted by Crippen LogP contribution is 2.36. The lowest BCUT2D eigenvalue weighted by molar-refractivity contribution is 0.0210. The lowest BCUT2D eigenvalue weighted by atomic mass is 9.77. The molecule has 1 saturated carbocycles. The van der Waals surface area contributed by atoms with Gasteiger partial charge < -0.3 is 5.32 Å². The van der Waals surface area contributed by atoms with Gasteiger partial charge in [0.05, 0.1) is 0 Å². The molecule has 1 aliphatic carbocycles. The zero-order chi connectivity index (χ0) is 12.3. The summed E-state index contributed by atoms with van der Waals surface area (Å²) in [5, 5.41) is 3.60. The lowest BCUT2D eigenvalue weighted by Gasteiger charge is -2.48. The molecule has 100 valence electrons. The van der Waals surface area contributed by atoms with E-state index >= 15 is 0 Å². The molecule has 0 bridgehead atoms. The molecule has 0 aromatic heterocycles. The van der Waals surface area contributed by atoms with Gasteiger partial charge in [-0.3, -0.25) is 4.90 Å². The molecule has 17 heavy (non-hydrogen) atoms.